The summed E-state index contributed by atoms with van der Waals surface area (Å²) in [6, 6.07) is 0. The molecule has 0 aromatic heterocycles. The van der Waals surface area contributed by atoms with Crippen LogP contribution in [-0.2, 0) is 4.74 Å². The van der Waals surface area contributed by atoms with Gasteiger partial charge in [0.15, 0.2) is 0 Å². The molecule has 0 unspecified atom stereocenters. The normalized spacial score (nSPS) is 10.7. The monoisotopic (exact) mass is 167 g/mol. The minimum Gasteiger partial charge on any atom is -0.383 e. The number of nitrogens with zero attached hydrogens (tertiary/aromatic N) is 1. The van der Waals surface area contributed by atoms with E-state index in [0.29, 0.717) is 0 Å². The first-order valence-corrected chi connectivity index (χ1v) is 4.04. The van der Waals surface area contributed by atoms with E-state index in [1.165, 1.54) is 0 Å². The molecule has 0 aliphatic carbocycles. The molecule has 9 heavy (non-hydrogen) atoms. The summed E-state index contributed by atoms with van der Waals surface area (Å²) in [5, 5.41) is 0. The number of ether oxygens (including phenoxy) is 1. The molecule has 0 bridgehead atoms. The van der Waals surface area contributed by atoms with E-state index >= 15 is 0 Å². The van der Waals surface area contributed by atoms with Gasteiger partial charge in [-0.25, -0.2) is 0 Å². The fourth-order valence-corrected chi connectivity index (χ4v) is 1.05. The predicted molar refractivity (Wildman–Crippen MR) is 46.3 cm³/mol. The minimum atomic E-state index is 0.743. The lowest BCUT2D eigenvalue weighted by Crippen LogP contribution is -2.24. The molecule has 4 heteroatoms. The van der Waals surface area contributed by atoms with E-state index in [2.05, 4.69) is 30.2 Å². The number of thiol groups is 2. The summed E-state index contributed by atoms with van der Waals surface area (Å²) in [7, 11) is 1.69. The summed E-state index contributed by atoms with van der Waals surface area (Å²) in [6.07, 6.45) is 0. The first kappa shape index (κ1) is 9.62. The number of hydrogen-bond donors (Lipinski definition) is 2. The second-order valence-corrected chi connectivity index (χ2v) is 2.24. The van der Waals surface area contributed by atoms with Crippen LogP contribution >= 0.6 is 25.3 Å². The zero-order chi connectivity index (χ0) is 7.11. The molecular weight excluding hydrogens is 154 g/mol. The number of hydrogen-bond acceptors (Lipinski definition) is 4. The van der Waals surface area contributed by atoms with E-state index in [-0.39, 0.29) is 0 Å². The quantitative estimate of drug-likeness (QED) is 0.462. The van der Waals surface area contributed by atoms with Crippen molar-refractivity contribution in [3.63, 3.8) is 0 Å². The van der Waals surface area contributed by atoms with Crippen LogP contribution in [-0.4, -0.2) is 36.9 Å². The van der Waals surface area contributed by atoms with E-state index in [0.717, 1.165) is 24.9 Å². The van der Waals surface area contributed by atoms with Crippen molar-refractivity contribution < 1.29 is 4.74 Å². The Morgan fingerprint density at radius 1 is 1.33 bits per heavy atom. The lowest BCUT2D eigenvalue weighted by atomic mass is 10.6. The van der Waals surface area contributed by atoms with E-state index in [1.807, 2.05) is 0 Å². The second kappa shape index (κ2) is 6.74. The Hall–Kier alpha value is 0.620. The molecule has 0 aliphatic rings. The van der Waals surface area contributed by atoms with Crippen molar-refractivity contribution >= 4 is 25.3 Å². The van der Waals surface area contributed by atoms with Crippen molar-refractivity contribution in [3.05, 3.63) is 0 Å². The van der Waals surface area contributed by atoms with E-state index in [1.54, 1.807) is 7.11 Å². The van der Waals surface area contributed by atoms with Crippen LogP contribution in [0, 0.1) is 0 Å². The van der Waals surface area contributed by atoms with E-state index < -0.39 is 0 Å². The second-order valence-electron chi connectivity index (χ2n) is 1.67. The SMILES string of the molecule is COCCN(CS)CS. The molecule has 0 saturated heterocycles. The zero-order valence-corrected chi connectivity index (χ0v) is 7.37. The third-order valence-corrected chi connectivity index (χ3v) is 1.81. The maximum absolute atomic E-state index is 4.87. The Kier molecular flexibility index (Phi) is 7.20. The maximum Gasteiger partial charge on any atom is 0.0590 e. The highest BCUT2D eigenvalue weighted by molar-refractivity contribution is 7.81. The Bertz CT molecular complexity index is 58.9. The van der Waals surface area contributed by atoms with Gasteiger partial charge in [0.05, 0.1) is 6.61 Å². The Labute approximate surface area is 67.4 Å². The predicted octanol–water partition coefficient (Wildman–Crippen LogP) is 0.709. The molecule has 0 radical (unpaired) electrons. The van der Waals surface area contributed by atoms with Gasteiger partial charge in [0.25, 0.3) is 0 Å². The molecule has 0 aromatic carbocycles. The van der Waals surface area contributed by atoms with E-state index in [4.69, 9.17) is 4.74 Å². The highest BCUT2D eigenvalue weighted by atomic mass is 32.1. The van der Waals surface area contributed by atoms with Gasteiger partial charge in [0, 0.05) is 25.4 Å². The molecule has 0 aliphatic heterocycles. The Morgan fingerprint density at radius 2 is 1.89 bits per heavy atom. The smallest absolute Gasteiger partial charge is 0.0590 e. The molecule has 0 saturated carbocycles. The van der Waals surface area contributed by atoms with Gasteiger partial charge >= 0.3 is 0 Å². The minimum absolute atomic E-state index is 0.743. The van der Waals surface area contributed by atoms with Crippen LogP contribution in [0.5, 0.6) is 0 Å². The van der Waals surface area contributed by atoms with Crippen molar-refractivity contribution in [2.45, 2.75) is 0 Å². The molecule has 0 fully saturated rings. The van der Waals surface area contributed by atoms with Crippen molar-refractivity contribution in [1.29, 1.82) is 0 Å². The van der Waals surface area contributed by atoms with Gasteiger partial charge in [0.2, 0.25) is 0 Å². The third-order valence-electron chi connectivity index (χ3n) is 1.01. The summed E-state index contributed by atoms with van der Waals surface area (Å²) in [6.45, 7) is 1.66. The molecule has 0 aromatic rings. The summed E-state index contributed by atoms with van der Waals surface area (Å²) >= 11 is 8.18. The van der Waals surface area contributed by atoms with Crippen LogP contribution in [0.1, 0.15) is 0 Å². The van der Waals surface area contributed by atoms with Crippen LogP contribution in [0.25, 0.3) is 0 Å². The molecule has 2 nitrogen and oxygen atoms in total. The lowest BCUT2D eigenvalue weighted by molar-refractivity contribution is 0.167. The summed E-state index contributed by atoms with van der Waals surface area (Å²) in [5.41, 5.74) is 0. The topological polar surface area (TPSA) is 12.5 Å². The average molecular weight is 167 g/mol. The van der Waals surface area contributed by atoms with Crippen LogP contribution < -0.4 is 0 Å². The molecule has 0 spiro atoms. The van der Waals surface area contributed by atoms with Gasteiger partial charge in [-0.1, -0.05) is 0 Å². The first-order chi connectivity index (χ1) is 4.35. The molecule has 0 amide bonds. The van der Waals surface area contributed by atoms with Crippen LogP contribution in [0.3, 0.4) is 0 Å². The highest BCUT2D eigenvalue weighted by Gasteiger charge is 1.96. The van der Waals surface area contributed by atoms with Gasteiger partial charge < -0.3 is 4.74 Å². The molecule has 0 atom stereocenters. The van der Waals surface area contributed by atoms with E-state index in [9.17, 15) is 0 Å². The molecule has 0 heterocycles. The summed E-state index contributed by atoms with van der Waals surface area (Å²) in [4.78, 5) is 2.07. The Balaban J connectivity index is 3.09. The van der Waals surface area contributed by atoms with Crippen molar-refractivity contribution in [3.8, 4) is 0 Å². The average Bonchev–Trinajstić information content (AvgIpc) is 1.91. The van der Waals surface area contributed by atoms with Gasteiger partial charge in [-0.05, 0) is 0 Å². The summed E-state index contributed by atoms with van der Waals surface area (Å²) < 4.78 is 4.87. The zero-order valence-electron chi connectivity index (χ0n) is 5.58. The molecule has 0 rings (SSSR count). The van der Waals surface area contributed by atoms with Crippen molar-refractivity contribution in [2.75, 3.05) is 32.0 Å². The fourth-order valence-electron chi connectivity index (χ4n) is 0.407. The standard InChI is InChI=1S/C5H13NOS2/c1-7-3-2-6(4-8)5-9/h8-9H,2-5H2,1H3. The molecule has 56 valence electrons. The Morgan fingerprint density at radius 3 is 2.22 bits per heavy atom. The molecule has 0 N–H and O–H groups in total. The maximum atomic E-state index is 4.87. The van der Waals surface area contributed by atoms with Crippen LogP contribution in [0.4, 0.5) is 0 Å². The third kappa shape index (κ3) is 5.08. The number of methoxy groups -OCH3 is 1. The molecular formula is C5H13NOS2. The van der Waals surface area contributed by atoms with Gasteiger partial charge in [-0.15, -0.1) is 0 Å². The van der Waals surface area contributed by atoms with Crippen LogP contribution in [0.15, 0.2) is 0 Å². The van der Waals surface area contributed by atoms with Gasteiger partial charge in [0.1, 0.15) is 0 Å². The van der Waals surface area contributed by atoms with Gasteiger partial charge in [-0.2, -0.15) is 25.3 Å². The first-order valence-electron chi connectivity index (χ1n) is 2.78. The summed E-state index contributed by atoms with van der Waals surface area (Å²) in [5.74, 6) is 1.49. The lowest BCUT2D eigenvalue weighted by Gasteiger charge is -2.15. The highest BCUT2D eigenvalue weighted by Crippen LogP contribution is 1.91. The number of rotatable bonds is 5. The van der Waals surface area contributed by atoms with Crippen LogP contribution in [0.2, 0.25) is 0 Å². The van der Waals surface area contributed by atoms with Crippen molar-refractivity contribution in [2.24, 2.45) is 0 Å². The largest absolute Gasteiger partial charge is 0.383 e. The van der Waals surface area contributed by atoms with Gasteiger partial charge in [-0.3, -0.25) is 4.90 Å². The van der Waals surface area contributed by atoms with Crippen molar-refractivity contribution in [1.82, 2.24) is 4.90 Å². The fraction of sp³-hybridized carbons (Fsp3) is 1.00.